The van der Waals surface area contributed by atoms with Crippen LogP contribution in [-0.2, 0) is 16.0 Å². The number of hydrogen-bond acceptors (Lipinski definition) is 7. The molecule has 0 radical (unpaired) electrons. The van der Waals surface area contributed by atoms with Gasteiger partial charge in [0.05, 0.1) is 19.3 Å². The lowest BCUT2D eigenvalue weighted by Crippen LogP contribution is -2.43. The molecule has 1 N–H and O–H groups in total. The number of rotatable bonds is 8. The van der Waals surface area contributed by atoms with Crippen LogP contribution in [0.15, 0.2) is 53.3 Å². The van der Waals surface area contributed by atoms with E-state index in [1.807, 2.05) is 0 Å². The van der Waals surface area contributed by atoms with Crippen molar-refractivity contribution in [1.82, 2.24) is 25.3 Å². The molecule has 3 aromatic rings. The Kier molecular flexibility index (Phi) is 6.96. The van der Waals surface area contributed by atoms with Gasteiger partial charge in [0.2, 0.25) is 17.6 Å². The highest BCUT2D eigenvalue weighted by atomic mass is 19.1. The highest BCUT2D eigenvalue weighted by molar-refractivity contribution is 5.76. The average molecular weight is 425 g/mol. The van der Waals surface area contributed by atoms with Gasteiger partial charge in [-0.2, -0.15) is 4.98 Å². The summed E-state index contributed by atoms with van der Waals surface area (Å²) in [6.45, 7) is 3.23. The van der Waals surface area contributed by atoms with Gasteiger partial charge in [-0.3, -0.25) is 14.7 Å². The largest absolute Gasteiger partial charge is 0.379 e. The van der Waals surface area contributed by atoms with Crippen LogP contribution in [0.5, 0.6) is 0 Å². The van der Waals surface area contributed by atoms with Crippen molar-refractivity contribution < 1.29 is 18.4 Å². The molecular weight excluding hydrogens is 401 g/mol. The number of halogens is 1. The van der Waals surface area contributed by atoms with E-state index in [4.69, 9.17) is 9.26 Å². The molecular formula is C22H24FN5O3. The fourth-order valence-corrected chi connectivity index (χ4v) is 3.53. The zero-order chi connectivity index (χ0) is 21.5. The fraction of sp³-hybridized carbons (Fsp3) is 0.364. The number of nitrogens with zero attached hydrogens (tertiary/aromatic N) is 4. The zero-order valence-corrected chi connectivity index (χ0v) is 17.0. The number of morpholine rings is 1. The Bertz CT molecular complexity index is 974. The van der Waals surface area contributed by atoms with E-state index in [0.29, 0.717) is 37.9 Å². The molecule has 1 fully saturated rings. The zero-order valence-electron chi connectivity index (χ0n) is 17.0. The van der Waals surface area contributed by atoms with Crippen LogP contribution in [0.4, 0.5) is 4.39 Å². The minimum Gasteiger partial charge on any atom is -0.379 e. The van der Waals surface area contributed by atoms with Gasteiger partial charge in [0, 0.05) is 50.4 Å². The molecule has 4 rings (SSSR count). The molecule has 0 aliphatic carbocycles. The third-order valence-corrected chi connectivity index (χ3v) is 5.21. The molecule has 3 heterocycles. The van der Waals surface area contributed by atoms with Crippen molar-refractivity contribution in [2.24, 2.45) is 0 Å². The van der Waals surface area contributed by atoms with Gasteiger partial charge in [-0.15, -0.1) is 0 Å². The molecule has 1 atom stereocenters. The lowest BCUT2D eigenvalue weighted by atomic mass is 10.0. The molecule has 9 heteroatoms. The second-order valence-electron chi connectivity index (χ2n) is 7.27. The topological polar surface area (TPSA) is 93.4 Å². The summed E-state index contributed by atoms with van der Waals surface area (Å²) in [7, 11) is 0. The lowest BCUT2D eigenvalue weighted by molar-refractivity contribution is -0.121. The summed E-state index contributed by atoms with van der Waals surface area (Å²) in [6.07, 6.45) is 3.90. The molecule has 0 bridgehead atoms. The summed E-state index contributed by atoms with van der Waals surface area (Å²) >= 11 is 0. The smallest absolute Gasteiger partial charge is 0.227 e. The Morgan fingerprint density at radius 3 is 2.61 bits per heavy atom. The number of aryl methyl sites for hydroxylation is 1. The van der Waals surface area contributed by atoms with Crippen LogP contribution in [0.2, 0.25) is 0 Å². The van der Waals surface area contributed by atoms with Gasteiger partial charge < -0.3 is 14.6 Å². The molecule has 1 aromatic carbocycles. The van der Waals surface area contributed by atoms with Crippen molar-refractivity contribution in [3.8, 4) is 11.4 Å². The number of carbonyl (C=O) groups excluding carboxylic acids is 1. The van der Waals surface area contributed by atoms with Crippen molar-refractivity contribution in [2.75, 3.05) is 32.8 Å². The van der Waals surface area contributed by atoms with Crippen molar-refractivity contribution in [1.29, 1.82) is 0 Å². The van der Waals surface area contributed by atoms with E-state index < -0.39 is 0 Å². The van der Waals surface area contributed by atoms with Gasteiger partial charge in [0.25, 0.3) is 0 Å². The van der Waals surface area contributed by atoms with E-state index in [0.717, 1.165) is 24.2 Å². The van der Waals surface area contributed by atoms with E-state index in [2.05, 4.69) is 25.3 Å². The molecule has 1 saturated heterocycles. The quantitative estimate of drug-likeness (QED) is 0.592. The Hall–Kier alpha value is -3.17. The molecule has 0 spiro atoms. The van der Waals surface area contributed by atoms with Crippen LogP contribution in [0.25, 0.3) is 11.4 Å². The van der Waals surface area contributed by atoms with E-state index >= 15 is 0 Å². The monoisotopic (exact) mass is 425 g/mol. The Morgan fingerprint density at radius 2 is 1.87 bits per heavy atom. The number of hydrogen-bond donors (Lipinski definition) is 1. The highest BCUT2D eigenvalue weighted by Crippen LogP contribution is 2.22. The second-order valence-corrected chi connectivity index (χ2v) is 7.27. The predicted molar refractivity (Wildman–Crippen MR) is 110 cm³/mol. The molecule has 31 heavy (non-hydrogen) atoms. The predicted octanol–water partition coefficient (Wildman–Crippen LogP) is 2.39. The summed E-state index contributed by atoms with van der Waals surface area (Å²) in [5.74, 6) is 0.495. The number of carbonyl (C=O) groups is 1. The minimum atomic E-state index is -0.279. The molecule has 2 aromatic heterocycles. The van der Waals surface area contributed by atoms with E-state index in [-0.39, 0.29) is 24.2 Å². The van der Waals surface area contributed by atoms with E-state index in [9.17, 15) is 9.18 Å². The van der Waals surface area contributed by atoms with Crippen LogP contribution < -0.4 is 5.32 Å². The Balaban J connectivity index is 1.32. The number of amides is 1. The normalized spacial score (nSPS) is 15.5. The number of nitrogens with one attached hydrogen (secondary N) is 1. The van der Waals surface area contributed by atoms with Gasteiger partial charge in [0.15, 0.2) is 0 Å². The number of aromatic nitrogens is 3. The molecule has 1 aliphatic heterocycles. The van der Waals surface area contributed by atoms with Gasteiger partial charge >= 0.3 is 0 Å². The van der Waals surface area contributed by atoms with E-state index in [1.54, 1.807) is 36.7 Å². The third kappa shape index (κ3) is 5.71. The summed E-state index contributed by atoms with van der Waals surface area (Å²) in [6, 6.07) is 9.96. The van der Waals surface area contributed by atoms with Gasteiger partial charge in [-0.25, -0.2) is 4.39 Å². The maximum atomic E-state index is 13.4. The van der Waals surface area contributed by atoms with Gasteiger partial charge in [0.1, 0.15) is 5.82 Å². The molecule has 0 saturated carbocycles. The molecule has 1 amide bonds. The molecule has 162 valence electrons. The van der Waals surface area contributed by atoms with Gasteiger partial charge in [-0.1, -0.05) is 17.3 Å². The first kappa shape index (κ1) is 21.1. The molecule has 1 unspecified atom stereocenters. The summed E-state index contributed by atoms with van der Waals surface area (Å²) in [5, 5.41) is 6.94. The second kappa shape index (κ2) is 10.2. The van der Waals surface area contributed by atoms with Crippen LogP contribution >= 0.6 is 0 Å². The number of ether oxygens (including phenoxy) is 1. The Morgan fingerprint density at radius 1 is 1.13 bits per heavy atom. The van der Waals surface area contributed by atoms with Gasteiger partial charge in [-0.05, 0) is 29.8 Å². The van der Waals surface area contributed by atoms with Crippen molar-refractivity contribution in [2.45, 2.75) is 18.9 Å². The first-order valence-electron chi connectivity index (χ1n) is 10.3. The maximum absolute atomic E-state index is 13.4. The van der Waals surface area contributed by atoms with Crippen molar-refractivity contribution in [3.05, 3.63) is 66.1 Å². The van der Waals surface area contributed by atoms with Crippen LogP contribution in [0, 0.1) is 5.82 Å². The minimum absolute atomic E-state index is 0.0462. The molecule has 8 nitrogen and oxygen atoms in total. The first-order chi connectivity index (χ1) is 15.2. The summed E-state index contributed by atoms with van der Waals surface area (Å²) in [5.41, 5.74) is 1.77. The highest BCUT2D eigenvalue weighted by Gasteiger charge is 2.23. The van der Waals surface area contributed by atoms with Crippen LogP contribution in [0.3, 0.4) is 0 Å². The first-order valence-corrected chi connectivity index (χ1v) is 10.3. The molecule has 1 aliphatic rings. The Labute approximate surface area is 179 Å². The average Bonchev–Trinajstić information content (AvgIpc) is 3.29. The number of benzene rings is 1. The third-order valence-electron chi connectivity index (χ3n) is 5.21. The van der Waals surface area contributed by atoms with Crippen molar-refractivity contribution >= 4 is 5.91 Å². The van der Waals surface area contributed by atoms with E-state index in [1.165, 1.54) is 12.1 Å². The summed E-state index contributed by atoms with van der Waals surface area (Å²) < 4.78 is 24.0. The number of pyridine rings is 1. The standard InChI is InChI=1S/C22H24FN5O3/c23-18-3-1-16(2-4-18)19(28-11-13-30-14-12-28)15-25-20(29)5-6-21-26-22(27-31-21)17-7-9-24-10-8-17/h1-4,7-10,19H,5-6,11-15H2,(H,25,29). The summed E-state index contributed by atoms with van der Waals surface area (Å²) in [4.78, 5) is 23.0. The maximum Gasteiger partial charge on any atom is 0.227 e. The van der Waals surface area contributed by atoms with Crippen LogP contribution in [0.1, 0.15) is 23.9 Å². The lowest BCUT2D eigenvalue weighted by Gasteiger charge is -2.35. The SMILES string of the molecule is O=C(CCc1nc(-c2ccncc2)no1)NCC(c1ccc(F)cc1)N1CCOCC1. The fourth-order valence-electron chi connectivity index (χ4n) is 3.53. The van der Waals surface area contributed by atoms with Crippen LogP contribution in [-0.4, -0.2) is 58.8 Å². The van der Waals surface area contributed by atoms with Crippen molar-refractivity contribution in [3.63, 3.8) is 0 Å².